The Labute approximate surface area is 164 Å². The molecule has 0 saturated carbocycles. The zero-order chi connectivity index (χ0) is 18.2. The summed E-state index contributed by atoms with van der Waals surface area (Å²) in [4.78, 5) is 4.87. The van der Waals surface area contributed by atoms with E-state index in [1.807, 2.05) is 12.1 Å². The lowest BCUT2D eigenvalue weighted by Gasteiger charge is -2.35. The van der Waals surface area contributed by atoms with Crippen molar-refractivity contribution >= 4 is 17.3 Å². The van der Waals surface area contributed by atoms with Gasteiger partial charge in [-0.2, -0.15) is 0 Å². The number of morpholine rings is 1. The van der Waals surface area contributed by atoms with E-state index in [0.717, 1.165) is 51.1 Å². The molecule has 27 heavy (non-hydrogen) atoms. The average Bonchev–Trinajstić information content (AvgIpc) is 3.00. The Kier molecular flexibility index (Phi) is 4.70. The third kappa shape index (κ3) is 3.41. The van der Waals surface area contributed by atoms with Crippen LogP contribution in [0.15, 0.2) is 53.9 Å². The maximum atomic E-state index is 6.11. The first-order chi connectivity index (χ1) is 13.3. The maximum Gasteiger partial charge on any atom is 0.123 e. The first-order valence-corrected chi connectivity index (χ1v) is 9.97. The molecule has 2 saturated heterocycles. The van der Waals surface area contributed by atoms with Crippen molar-refractivity contribution in [2.45, 2.75) is 6.17 Å². The van der Waals surface area contributed by atoms with Gasteiger partial charge in [-0.25, -0.2) is 0 Å². The molecule has 5 rings (SSSR count). The van der Waals surface area contributed by atoms with E-state index in [0.29, 0.717) is 5.92 Å². The van der Waals surface area contributed by atoms with E-state index in [1.165, 1.54) is 22.5 Å². The summed E-state index contributed by atoms with van der Waals surface area (Å²) in [5, 5.41) is 4.47. The smallest absolute Gasteiger partial charge is 0.123 e. The van der Waals surface area contributed by atoms with Crippen LogP contribution in [0.3, 0.4) is 0 Å². The molecule has 1 N–H and O–H groups in total. The largest absolute Gasteiger partial charge is 0.380 e. The molecule has 2 fully saturated rings. The summed E-state index contributed by atoms with van der Waals surface area (Å²) in [5.41, 5.74) is 5.03. The van der Waals surface area contributed by atoms with Crippen LogP contribution >= 0.6 is 11.6 Å². The Morgan fingerprint density at radius 1 is 1.07 bits per heavy atom. The molecule has 0 aromatic heterocycles. The van der Waals surface area contributed by atoms with Crippen LogP contribution in [0.5, 0.6) is 0 Å². The number of hydrogen-bond donors (Lipinski definition) is 1. The number of allylic oxidation sites excluding steroid dienone is 1. The van der Waals surface area contributed by atoms with Gasteiger partial charge in [-0.3, -0.25) is 4.90 Å². The second-order valence-corrected chi connectivity index (χ2v) is 7.87. The van der Waals surface area contributed by atoms with Crippen molar-refractivity contribution in [2.24, 2.45) is 5.92 Å². The zero-order valence-corrected chi connectivity index (χ0v) is 16.0. The third-order valence-corrected chi connectivity index (χ3v) is 5.92. The molecule has 1 aromatic rings. The molecule has 4 heterocycles. The van der Waals surface area contributed by atoms with Crippen molar-refractivity contribution in [2.75, 3.05) is 46.1 Å². The van der Waals surface area contributed by atoms with Crippen LogP contribution < -0.4 is 5.32 Å². The molecule has 0 aliphatic carbocycles. The van der Waals surface area contributed by atoms with Crippen LogP contribution in [0.2, 0.25) is 5.02 Å². The Balaban J connectivity index is 1.49. The topological polar surface area (TPSA) is 37.0 Å². The molecule has 0 spiro atoms. The summed E-state index contributed by atoms with van der Waals surface area (Å²) in [7, 11) is 0. The number of benzene rings is 1. The van der Waals surface area contributed by atoms with Crippen LogP contribution in [-0.2, 0) is 9.47 Å². The van der Waals surface area contributed by atoms with Gasteiger partial charge in [0.05, 0.1) is 37.8 Å². The lowest BCUT2D eigenvalue weighted by Crippen LogP contribution is -2.41. The van der Waals surface area contributed by atoms with Gasteiger partial charge in [0, 0.05) is 36.8 Å². The molecule has 0 bridgehead atoms. The summed E-state index contributed by atoms with van der Waals surface area (Å²) in [5.74, 6) is 0.520. The fourth-order valence-corrected chi connectivity index (χ4v) is 4.10. The Morgan fingerprint density at radius 3 is 2.56 bits per heavy atom. The van der Waals surface area contributed by atoms with E-state index in [1.54, 1.807) is 0 Å². The number of rotatable bonds is 4. The first kappa shape index (κ1) is 17.3. The molecule has 142 valence electrons. The van der Waals surface area contributed by atoms with Crippen LogP contribution in [0, 0.1) is 5.92 Å². The van der Waals surface area contributed by atoms with Gasteiger partial charge in [-0.05, 0) is 29.3 Å². The predicted octanol–water partition coefficient (Wildman–Crippen LogP) is 2.67. The van der Waals surface area contributed by atoms with Gasteiger partial charge in [-0.15, -0.1) is 0 Å². The standard InChI is InChI=1S/C21H24ClN3O2/c22-18-4-1-15(2-5-18)21-19(12-24-7-9-26-10-8-24)25-11-16(17-13-27-14-17)3-6-20(25)23-21/h1-6,11,17,20,23H,7-10,12-14H2. The molecule has 0 amide bonds. The van der Waals surface area contributed by atoms with Crippen LogP contribution in [-0.4, -0.2) is 62.0 Å². The fourth-order valence-electron chi connectivity index (χ4n) is 3.97. The molecule has 5 nitrogen and oxygen atoms in total. The Bertz CT molecular complexity index is 792. The minimum absolute atomic E-state index is 0.163. The number of nitrogens with zero attached hydrogens (tertiary/aromatic N) is 2. The highest BCUT2D eigenvalue weighted by atomic mass is 35.5. The monoisotopic (exact) mass is 385 g/mol. The maximum absolute atomic E-state index is 6.11. The van der Waals surface area contributed by atoms with Crippen LogP contribution in [0.1, 0.15) is 5.56 Å². The van der Waals surface area contributed by atoms with E-state index in [-0.39, 0.29) is 6.17 Å². The first-order valence-electron chi connectivity index (χ1n) is 9.60. The quantitative estimate of drug-likeness (QED) is 0.862. The van der Waals surface area contributed by atoms with E-state index in [4.69, 9.17) is 21.1 Å². The second kappa shape index (κ2) is 7.32. The summed E-state index contributed by atoms with van der Waals surface area (Å²) in [6, 6.07) is 8.10. The van der Waals surface area contributed by atoms with Gasteiger partial charge < -0.3 is 19.7 Å². The van der Waals surface area contributed by atoms with Crippen molar-refractivity contribution in [3.8, 4) is 0 Å². The predicted molar refractivity (Wildman–Crippen MR) is 106 cm³/mol. The van der Waals surface area contributed by atoms with Crippen LogP contribution in [0.4, 0.5) is 0 Å². The molecule has 1 atom stereocenters. The molecular formula is C21H24ClN3O2. The van der Waals surface area contributed by atoms with Gasteiger partial charge in [0.1, 0.15) is 6.17 Å². The van der Waals surface area contributed by atoms with Crippen molar-refractivity contribution in [1.29, 1.82) is 0 Å². The molecule has 0 radical (unpaired) electrons. The number of fused-ring (bicyclic) bond motifs is 1. The lowest BCUT2D eigenvalue weighted by molar-refractivity contribution is -0.0126. The molecule has 1 unspecified atom stereocenters. The van der Waals surface area contributed by atoms with Crippen molar-refractivity contribution < 1.29 is 9.47 Å². The van der Waals surface area contributed by atoms with Gasteiger partial charge in [-0.1, -0.05) is 29.8 Å². The van der Waals surface area contributed by atoms with Gasteiger partial charge in [0.2, 0.25) is 0 Å². The second-order valence-electron chi connectivity index (χ2n) is 7.44. The van der Waals surface area contributed by atoms with Crippen molar-refractivity contribution in [3.05, 3.63) is 64.5 Å². The summed E-state index contributed by atoms with van der Waals surface area (Å²) in [6.07, 6.45) is 6.98. The molecule has 4 aliphatic rings. The van der Waals surface area contributed by atoms with E-state index in [2.05, 4.69) is 45.6 Å². The van der Waals surface area contributed by atoms with Gasteiger partial charge >= 0.3 is 0 Å². The molecule has 4 aliphatic heterocycles. The molecule has 1 aromatic carbocycles. The van der Waals surface area contributed by atoms with Crippen LogP contribution in [0.25, 0.3) is 5.70 Å². The van der Waals surface area contributed by atoms with E-state index < -0.39 is 0 Å². The average molecular weight is 386 g/mol. The number of halogens is 1. The van der Waals surface area contributed by atoms with E-state index in [9.17, 15) is 0 Å². The highest BCUT2D eigenvalue weighted by Crippen LogP contribution is 2.34. The summed E-state index contributed by atoms with van der Waals surface area (Å²) in [6.45, 7) is 6.12. The SMILES string of the molecule is Clc1ccc(C2=C(CN3CCOCC3)N3C=C(C4COC4)C=CC3N2)cc1. The summed E-state index contributed by atoms with van der Waals surface area (Å²) >= 11 is 6.11. The highest BCUT2D eigenvalue weighted by Gasteiger charge is 2.34. The third-order valence-electron chi connectivity index (χ3n) is 5.67. The number of nitrogens with one attached hydrogen (secondary N) is 1. The van der Waals surface area contributed by atoms with Crippen molar-refractivity contribution in [1.82, 2.24) is 15.1 Å². The Morgan fingerprint density at radius 2 is 1.85 bits per heavy atom. The van der Waals surface area contributed by atoms with Gasteiger partial charge in [0.25, 0.3) is 0 Å². The summed E-state index contributed by atoms with van der Waals surface area (Å²) < 4.78 is 10.9. The van der Waals surface area contributed by atoms with E-state index >= 15 is 0 Å². The minimum atomic E-state index is 0.163. The zero-order valence-electron chi connectivity index (χ0n) is 15.2. The fraction of sp³-hybridized carbons (Fsp3) is 0.429. The normalized spacial score (nSPS) is 25.9. The number of ether oxygens (including phenoxy) is 2. The molecular weight excluding hydrogens is 362 g/mol. The molecule has 6 heteroatoms. The van der Waals surface area contributed by atoms with Gasteiger partial charge in [0.15, 0.2) is 0 Å². The number of hydrogen-bond acceptors (Lipinski definition) is 5. The minimum Gasteiger partial charge on any atom is -0.380 e. The highest BCUT2D eigenvalue weighted by molar-refractivity contribution is 6.30. The lowest BCUT2D eigenvalue weighted by atomic mass is 9.96. The van der Waals surface area contributed by atoms with Crippen molar-refractivity contribution in [3.63, 3.8) is 0 Å². The Hall–Kier alpha value is -1.79.